The molecule has 0 unspecified atom stereocenters. The van der Waals surface area contributed by atoms with Crippen molar-refractivity contribution in [2.75, 3.05) is 0 Å². The number of aryl methyl sites for hydroxylation is 2. The number of benzene rings is 11. The van der Waals surface area contributed by atoms with E-state index in [2.05, 4.69) is 251 Å². The van der Waals surface area contributed by atoms with Gasteiger partial charge in [0.25, 0.3) is 0 Å². The zero-order valence-electron chi connectivity index (χ0n) is 42.1. The Kier molecular flexibility index (Phi) is 8.77. The molecular weight excluding hydrogens is 989 g/mol. The van der Waals surface area contributed by atoms with Crippen molar-refractivity contribution in [3.05, 3.63) is 229 Å². The van der Waals surface area contributed by atoms with Crippen LogP contribution in [0.1, 0.15) is 22.3 Å². The fraction of sp³-hybridized carbons (Fsp3) is 0.0286. The lowest BCUT2D eigenvalue weighted by Gasteiger charge is -2.27. The zero-order chi connectivity index (χ0) is 51.7. The maximum Gasteiger partial charge on any atom is 0.104 e. The van der Waals surface area contributed by atoms with E-state index < -0.39 is 0 Å². The smallest absolute Gasteiger partial charge is 0.104 e. The Balaban J connectivity index is 1.21. The van der Waals surface area contributed by atoms with Gasteiger partial charge in [-0.3, -0.25) is 0 Å². The molecule has 6 heterocycles. The largest absolute Gasteiger partial charge is 0.306 e. The lowest BCUT2D eigenvalue weighted by atomic mass is 9.98. The molecule has 0 aliphatic rings. The number of fused-ring (bicyclic) bond motifs is 20. The first-order valence-electron chi connectivity index (χ1n) is 26.2. The van der Waals surface area contributed by atoms with Crippen molar-refractivity contribution in [1.82, 2.24) is 18.3 Å². The maximum atomic E-state index is 12.9. The van der Waals surface area contributed by atoms with Crippen molar-refractivity contribution in [3.8, 4) is 34.9 Å². The monoisotopic (exact) mass is 1030 g/mol. The third-order valence-corrected chi connectivity index (χ3v) is 18.9. The van der Waals surface area contributed by atoms with E-state index in [1.165, 1.54) is 20.2 Å². The summed E-state index contributed by atoms with van der Waals surface area (Å²) in [6.45, 7) is 4.29. The number of thiophene rings is 2. The predicted octanol–water partition coefficient (Wildman–Crippen LogP) is 19.2. The fourth-order valence-electron chi connectivity index (χ4n) is 13.4. The topological polar surface area (TPSA) is 67.3 Å². The quantitative estimate of drug-likeness (QED) is 0.176. The molecule has 17 aromatic rings. The SMILES string of the molecule is Cc1ccc2c(c1)c1ccc3c4ccccc4sc3c1n2-c1c(C#N)c(-n2c3ccccc3c3ccccc32)c(-n2c3ccc(C)cc3c3ccc4c5ccccc5sc4c32)c(C#N)c1-n1c2ccccc2c2ccccc21. The van der Waals surface area contributed by atoms with Crippen molar-refractivity contribution >= 4 is 150 Å². The van der Waals surface area contributed by atoms with Crippen molar-refractivity contribution < 1.29 is 0 Å². The molecule has 17 rings (SSSR count). The molecule has 0 saturated heterocycles. The molecule has 0 aliphatic carbocycles. The van der Waals surface area contributed by atoms with Crippen LogP contribution < -0.4 is 0 Å². The van der Waals surface area contributed by atoms with Crippen LogP contribution in [-0.2, 0) is 0 Å². The highest BCUT2D eigenvalue weighted by Gasteiger charge is 2.35. The number of para-hydroxylation sites is 4. The highest BCUT2D eigenvalue weighted by molar-refractivity contribution is 7.27. The maximum absolute atomic E-state index is 12.9. The van der Waals surface area contributed by atoms with E-state index in [-0.39, 0.29) is 0 Å². The Morgan fingerprint density at radius 1 is 0.295 bits per heavy atom. The van der Waals surface area contributed by atoms with Crippen LogP contribution in [0.3, 0.4) is 0 Å². The Morgan fingerprint density at radius 2 is 0.603 bits per heavy atom. The number of nitriles is 2. The summed E-state index contributed by atoms with van der Waals surface area (Å²) in [5, 5.41) is 39.1. The van der Waals surface area contributed by atoms with Gasteiger partial charge in [-0.15, -0.1) is 22.7 Å². The fourth-order valence-corrected chi connectivity index (χ4v) is 15.8. The average Bonchev–Trinajstić information content (AvgIpc) is 3.87. The highest BCUT2D eigenvalue weighted by Crippen LogP contribution is 2.52. The molecule has 0 amide bonds. The minimum absolute atomic E-state index is 0.440. The van der Waals surface area contributed by atoms with Gasteiger partial charge in [0.15, 0.2) is 0 Å². The number of nitrogens with zero attached hydrogens (tertiary/aromatic N) is 6. The Bertz CT molecular complexity index is 5180. The molecule has 0 spiro atoms. The first-order valence-corrected chi connectivity index (χ1v) is 27.8. The molecule has 0 saturated carbocycles. The van der Waals surface area contributed by atoms with Crippen molar-refractivity contribution in [2.24, 2.45) is 0 Å². The lowest BCUT2D eigenvalue weighted by Crippen LogP contribution is -2.16. The highest BCUT2D eigenvalue weighted by atomic mass is 32.1. The molecule has 0 bridgehead atoms. The van der Waals surface area contributed by atoms with E-state index in [0.717, 1.165) is 119 Å². The average molecular weight is 1030 g/mol. The summed E-state index contributed by atoms with van der Waals surface area (Å²) in [6.07, 6.45) is 0. The van der Waals surface area contributed by atoms with Crippen LogP contribution in [0.4, 0.5) is 0 Å². The molecule has 0 fully saturated rings. The van der Waals surface area contributed by atoms with Gasteiger partial charge in [0.2, 0.25) is 0 Å². The van der Waals surface area contributed by atoms with Gasteiger partial charge in [-0.25, -0.2) is 0 Å². The molecule has 0 radical (unpaired) electrons. The van der Waals surface area contributed by atoms with E-state index in [9.17, 15) is 10.5 Å². The van der Waals surface area contributed by atoms with Crippen LogP contribution in [0.2, 0.25) is 0 Å². The molecule has 78 heavy (non-hydrogen) atoms. The standard InChI is InChI=1S/C70H40N6S2/c1-39-27-33-59-51(35-39)47-29-31-49-45-19-7-13-25-61(45)77-69(49)67(47)75(59)65-53(37-71)64(74-57-23-11-5-17-43(57)44-18-6-12-24-58(44)74)66(54(38-72)63(65)73-55-21-9-3-15-41(55)42-16-4-10-22-56(42)73)76-60-34-28-40(2)36-52(60)48-30-32-50-46-20-8-14-26-62(46)78-70(50)68(48)76/h3-36H,1-2H3. The van der Waals surface area contributed by atoms with Gasteiger partial charge in [0, 0.05) is 74.0 Å². The number of rotatable bonds is 4. The summed E-state index contributed by atoms with van der Waals surface area (Å²) in [4.78, 5) is 0. The van der Waals surface area contributed by atoms with Gasteiger partial charge in [-0.05, 0) is 74.5 Å². The molecule has 0 aliphatic heterocycles. The first-order chi connectivity index (χ1) is 38.5. The summed E-state index contributed by atoms with van der Waals surface area (Å²) in [7, 11) is 0. The third kappa shape index (κ3) is 5.57. The van der Waals surface area contributed by atoms with E-state index in [1.54, 1.807) is 22.7 Å². The summed E-state index contributed by atoms with van der Waals surface area (Å²) in [6, 6.07) is 79.8. The predicted molar refractivity (Wildman–Crippen MR) is 328 cm³/mol. The normalized spacial score (nSPS) is 12.2. The van der Waals surface area contributed by atoms with Crippen LogP contribution in [0.15, 0.2) is 206 Å². The zero-order valence-corrected chi connectivity index (χ0v) is 43.8. The minimum atomic E-state index is 0.440. The molecule has 6 aromatic heterocycles. The van der Waals surface area contributed by atoms with Crippen LogP contribution in [-0.4, -0.2) is 18.3 Å². The number of hydrogen-bond acceptors (Lipinski definition) is 4. The van der Waals surface area contributed by atoms with Crippen molar-refractivity contribution in [3.63, 3.8) is 0 Å². The summed E-state index contributed by atoms with van der Waals surface area (Å²) in [5.74, 6) is 0. The van der Waals surface area contributed by atoms with Gasteiger partial charge >= 0.3 is 0 Å². The molecule has 8 heteroatoms. The Morgan fingerprint density at radius 3 is 0.974 bits per heavy atom. The minimum Gasteiger partial charge on any atom is -0.306 e. The van der Waals surface area contributed by atoms with E-state index in [4.69, 9.17) is 0 Å². The summed E-state index contributed by atoms with van der Waals surface area (Å²) >= 11 is 3.56. The van der Waals surface area contributed by atoms with E-state index >= 15 is 0 Å². The second kappa shape index (κ2) is 15.8. The summed E-state index contributed by atoms with van der Waals surface area (Å²) < 4.78 is 13.9. The van der Waals surface area contributed by atoms with Crippen LogP contribution in [0.25, 0.3) is 150 Å². The van der Waals surface area contributed by atoms with Crippen LogP contribution >= 0.6 is 22.7 Å². The Hall–Kier alpha value is -9.96. The van der Waals surface area contributed by atoms with Crippen molar-refractivity contribution in [2.45, 2.75) is 13.8 Å². The molecule has 362 valence electrons. The van der Waals surface area contributed by atoms with E-state index in [1.807, 2.05) is 0 Å². The number of aromatic nitrogens is 4. The first kappa shape index (κ1) is 43.3. The van der Waals surface area contributed by atoms with Gasteiger partial charge < -0.3 is 18.3 Å². The van der Waals surface area contributed by atoms with Crippen molar-refractivity contribution in [1.29, 1.82) is 10.5 Å². The van der Waals surface area contributed by atoms with E-state index in [0.29, 0.717) is 33.9 Å². The third-order valence-electron chi connectivity index (χ3n) is 16.5. The second-order valence-electron chi connectivity index (χ2n) is 20.7. The molecule has 6 nitrogen and oxygen atoms in total. The van der Waals surface area contributed by atoms with Gasteiger partial charge in [0.1, 0.15) is 23.3 Å². The van der Waals surface area contributed by atoms with Gasteiger partial charge in [-0.2, -0.15) is 10.5 Å². The summed E-state index contributed by atoms with van der Waals surface area (Å²) in [5.41, 5.74) is 13.3. The molecule has 0 N–H and O–H groups in total. The lowest BCUT2D eigenvalue weighted by molar-refractivity contribution is 1.03. The van der Waals surface area contributed by atoms with Crippen LogP contribution in [0.5, 0.6) is 0 Å². The van der Waals surface area contributed by atoms with Crippen LogP contribution in [0, 0.1) is 36.5 Å². The molecule has 0 atom stereocenters. The van der Waals surface area contributed by atoms with Gasteiger partial charge in [-0.1, -0.05) is 157 Å². The number of hydrogen-bond donors (Lipinski definition) is 0. The molecule has 11 aromatic carbocycles. The molecular formula is C70H40N6S2. The second-order valence-corrected chi connectivity index (χ2v) is 22.8. The Labute approximate surface area is 453 Å². The van der Waals surface area contributed by atoms with Gasteiger partial charge in [0.05, 0.1) is 76.3 Å².